The van der Waals surface area contributed by atoms with E-state index >= 15 is 0 Å². The number of hydrogen-bond donors (Lipinski definition) is 1. The minimum Gasteiger partial charge on any atom is -0.384 e. The van der Waals surface area contributed by atoms with E-state index in [-0.39, 0.29) is 0 Å². The van der Waals surface area contributed by atoms with Crippen molar-refractivity contribution in [3.05, 3.63) is 57.2 Å². The van der Waals surface area contributed by atoms with E-state index in [4.69, 9.17) is 0 Å². The summed E-state index contributed by atoms with van der Waals surface area (Å²) >= 11 is 6.96. The Labute approximate surface area is 118 Å². The smallest absolute Gasteiger partial charge is 0.0485 e. The predicted molar refractivity (Wildman–Crippen MR) is 78.3 cm³/mol. The quantitative estimate of drug-likeness (QED) is 0.886. The molecule has 1 heterocycles. The maximum absolute atomic E-state index is 4.10. The SMILES string of the molecule is Brc1ccc(NCCc2cccnc2)c(Br)c1. The number of halogens is 2. The van der Waals surface area contributed by atoms with Crippen LogP contribution in [0.1, 0.15) is 5.56 Å². The summed E-state index contributed by atoms with van der Waals surface area (Å²) in [6, 6.07) is 10.2. The zero-order chi connectivity index (χ0) is 12.1. The van der Waals surface area contributed by atoms with Gasteiger partial charge in [-0.05, 0) is 52.2 Å². The molecule has 0 radical (unpaired) electrons. The van der Waals surface area contributed by atoms with Crippen molar-refractivity contribution >= 4 is 37.5 Å². The normalized spacial score (nSPS) is 10.2. The molecule has 2 nitrogen and oxygen atoms in total. The van der Waals surface area contributed by atoms with Gasteiger partial charge in [-0.1, -0.05) is 22.0 Å². The molecule has 0 spiro atoms. The summed E-state index contributed by atoms with van der Waals surface area (Å²) in [5.74, 6) is 0. The summed E-state index contributed by atoms with van der Waals surface area (Å²) < 4.78 is 2.14. The van der Waals surface area contributed by atoms with E-state index in [1.807, 2.05) is 24.4 Å². The van der Waals surface area contributed by atoms with Crippen molar-refractivity contribution < 1.29 is 0 Å². The molecule has 17 heavy (non-hydrogen) atoms. The molecule has 2 rings (SSSR count). The number of aromatic nitrogens is 1. The van der Waals surface area contributed by atoms with Crippen LogP contribution in [0.4, 0.5) is 5.69 Å². The third-order valence-electron chi connectivity index (χ3n) is 2.38. The van der Waals surface area contributed by atoms with Gasteiger partial charge in [-0.2, -0.15) is 0 Å². The van der Waals surface area contributed by atoms with Crippen LogP contribution in [0.5, 0.6) is 0 Å². The van der Waals surface area contributed by atoms with Gasteiger partial charge in [-0.25, -0.2) is 0 Å². The van der Waals surface area contributed by atoms with Gasteiger partial charge < -0.3 is 5.32 Å². The van der Waals surface area contributed by atoms with Crippen LogP contribution in [-0.2, 0) is 6.42 Å². The van der Waals surface area contributed by atoms with Crippen LogP contribution in [0, 0.1) is 0 Å². The first-order valence-corrected chi connectivity index (χ1v) is 6.92. The molecule has 0 saturated carbocycles. The highest BCUT2D eigenvalue weighted by Crippen LogP contribution is 2.25. The number of nitrogens with one attached hydrogen (secondary N) is 1. The molecule has 0 unspecified atom stereocenters. The molecule has 0 aliphatic carbocycles. The van der Waals surface area contributed by atoms with Crippen LogP contribution in [0.3, 0.4) is 0 Å². The fourth-order valence-corrected chi connectivity index (χ4v) is 2.71. The first-order chi connectivity index (χ1) is 8.25. The van der Waals surface area contributed by atoms with Crippen molar-refractivity contribution in [1.29, 1.82) is 0 Å². The van der Waals surface area contributed by atoms with Crippen molar-refractivity contribution in [2.45, 2.75) is 6.42 Å². The number of anilines is 1. The lowest BCUT2D eigenvalue weighted by Gasteiger charge is -2.08. The third kappa shape index (κ3) is 3.82. The molecule has 1 aromatic heterocycles. The Morgan fingerprint density at radius 3 is 2.76 bits per heavy atom. The van der Waals surface area contributed by atoms with Crippen LogP contribution >= 0.6 is 31.9 Å². The molecule has 1 aromatic carbocycles. The molecule has 0 saturated heterocycles. The molecule has 1 N–H and O–H groups in total. The Morgan fingerprint density at radius 2 is 2.06 bits per heavy atom. The van der Waals surface area contributed by atoms with Crippen LogP contribution in [0.25, 0.3) is 0 Å². The van der Waals surface area contributed by atoms with E-state index in [2.05, 4.69) is 54.3 Å². The number of pyridine rings is 1. The van der Waals surface area contributed by atoms with Gasteiger partial charge in [0.15, 0.2) is 0 Å². The van der Waals surface area contributed by atoms with Gasteiger partial charge in [0, 0.05) is 33.6 Å². The summed E-state index contributed by atoms with van der Waals surface area (Å²) in [7, 11) is 0. The third-order valence-corrected chi connectivity index (χ3v) is 3.53. The lowest BCUT2D eigenvalue weighted by atomic mass is 10.2. The molecule has 0 bridgehead atoms. The zero-order valence-electron chi connectivity index (χ0n) is 9.16. The second-order valence-corrected chi connectivity index (χ2v) is 5.43. The summed E-state index contributed by atoms with van der Waals surface area (Å²) in [4.78, 5) is 4.10. The van der Waals surface area contributed by atoms with E-state index in [9.17, 15) is 0 Å². The maximum Gasteiger partial charge on any atom is 0.0485 e. The van der Waals surface area contributed by atoms with Crippen molar-refractivity contribution in [1.82, 2.24) is 4.98 Å². The molecule has 0 amide bonds. The van der Waals surface area contributed by atoms with Gasteiger partial charge in [-0.15, -0.1) is 0 Å². The largest absolute Gasteiger partial charge is 0.384 e. The van der Waals surface area contributed by atoms with Crippen LogP contribution in [-0.4, -0.2) is 11.5 Å². The topological polar surface area (TPSA) is 24.9 Å². The average molecular weight is 356 g/mol. The fraction of sp³-hybridized carbons (Fsp3) is 0.154. The van der Waals surface area contributed by atoms with Gasteiger partial charge >= 0.3 is 0 Å². The highest BCUT2D eigenvalue weighted by atomic mass is 79.9. The maximum atomic E-state index is 4.10. The van der Waals surface area contributed by atoms with Crippen LogP contribution in [0.2, 0.25) is 0 Å². The van der Waals surface area contributed by atoms with Crippen molar-refractivity contribution in [3.8, 4) is 0 Å². The number of hydrogen-bond acceptors (Lipinski definition) is 2. The predicted octanol–water partition coefficient (Wildman–Crippen LogP) is 4.26. The fourth-order valence-electron chi connectivity index (χ4n) is 1.52. The number of nitrogens with zero attached hydrogens (tertiary/aromatic N) is 1. The van der Waals surface area contributed by atoms with E-state index in [1.165, 1.54) is 5.56 Å². The Balaban J connectivity index is 1.90. The van der Waals surface area contributed by atoms with Gasteiger partial charge in [-0.3, -0.25) is 4.98 Å². The Bertz CT molecular complexity index is 486. The van der Waals surface area contributed by atoms with E-state index in [0.717, 1.165) is 27.6 Å². The molecular formula is C13H12Br2N2. The standard InChI is InChI=1S/C13H12Br2N2/c14-11-3-4-13(12(15)8-11)17-7-5-10-2-1-6-16-9-10/h1-4,6,8-9,17H,5,7H2. The van der Waals surface area contributed by atoms with Gasteiger partial charge in [0.05, 0.1) is 0 Å². The monoisotopic (exact) mass is 354 g/mol. The molecule has 88 valence electrons. The van der Waals surface area contributed by atoms with Crippen LogP contribution < -0.4 is 5.32 Å². The lowest BCUT2D eigenvalue weighted by Crippen LogP contribution is -2.05. The summed E-state index contributed by atoms with van der Waals surface area (Å²) in [5.41, 5.74) is 2.35. The molecule has 0 atom stereocenters. The first-order valence-electron chi connectivity index (χ1n) is 5.33. The second-order valence-electron chi connectivity index (χ2n) is 3.66. The van der Waals surface area contributed by atoms with E-state index < -0.39 is 0 Å². The summed E-state index contributed by atoms with van der Waals surface area (Å²) in [6.45, 7) is 0.895. The molecule has 4 heteroatoms. The van der Waals surface area contributed by atoms with Crippen molar-refractivity contribution in [3.63, 3.8) is 0 Å². The zero-order valence-corrected chi connectivity index (χ0v) is 12.3. The Morgan fingerprint density at radius 1 is 1.18 bits per heavy atom. The average Bonchev–Trinajstić information content (AvgIpc) is 2.33. The molecule has 2 aromatic rings. The van der Waals surface area contributed by atoms with Crippen molar-refractivity contribution in [2.24, 2.45) is 0 Å². The number of rotatable bonds is 4. The van der Waals surface area contributed by atoms with Gasteiger partial charge in [0.2, 0.25) is 0 Å². The first kappa shape index (κ1) is 12.6. The minimum absolute atomic E-state index is 0.895. The molecular weight excluding hydrogens is 344 g/mol. The molecule has 0 aliphatic rings. The molecule has 0 fully saturated rings. The minimum atomic E-state index is 0.895. The highest BCUT2D eigenvalue weighted by molar-refractivity contribution is 9.11. The van der Waals surface area contributed by atoms with Crippen molar-refractivity contribution in [2.75, 3.05) is 11.9 Å². The van der Waals surface area contributed by atoms with E-state index in [0.29, 0.717) is 0 Å². The lowest BCUT2D eigenvalue weighted by molar-refractivity contribution is 1.00. The Kier molecular flexibility index (Phi) is 4.57. The van der Waals surface area contributed by atoms with E-state index in [1.54, 1.807) is 6.20 Å². The Hall–Kier alpha value is -0.870. The molecule has 0 aliphatic heterocycles. The number of benzene rings is 1. The van der Waals surface area contributed by atoms with Crippen LogP contribution in [0.15, 0.2) is 51.7 Å². The summed E-state index contributed by atoms with van der Waals surface area (Å²) in [5, 5.41) is 3.39. The highest BCUT2D eigenvalue weighted by Gasteiger charge is 1.99. The second kappa shape index (κ2) is 6.17. The summed E-state index contributed by atoms with van der Waals surface area (Å²) in [6.07, 6.45) is 4.66. The van der Waals surface area contributed by atoms with Gasteiger partial charge in [0.1, 0.15) is 0 Å². The van der Waals surface area contributed by atoms with Gasteiger partial charge in [0.25, 0.3) is 0 Å².